The predicted octanol–water partition coefficient (Wildman–Crippen LogP) is 5.12. The number of likely N-dealkylation sites (tertiary alicyclic amines) is 1. The number of anilines is 1. The normalized spacial score (nSPS) is 21.5. The molecule has 0 unspecified atom stereocenters. The van der Waals surface area contributed by atoms with Gasteiger partial charge in [0, 0.05) is 30.6 Å². The van der Waals surface area contributed by atoms with Crippen molar-refractivity contribution in [3.63, 3.8) is 0 Å². The van der Waals surface area contributed by atoms with Crippen molar-refractivity contribution in [3.05, 3.63) is 101 Å². The standard InChI is InChI=1S/C34H41N3O6/c1-41-32(39)30(19-24-9-4-2-5-10-24)36-34(40)35-28-12-8-11-27(20-28)33-42-29(22-37-17-6-3-7-18-37)21-31(43-33)26-15-13-25(23-38)14-16-26/h2,4-5,8-16,20,29-31,33,38H,3,6-7,17-19,21-23H2,1H3,(H2,35,36,40)/t29-,30+,31+,33+/m1/s1. The Morgan fingerprint density at radius 2 is 1.70 bits per heavy atom. The molecule has 0 radical (unpaired) electrons. The summed E-state index contributed by atoms with van der Waals surface area (Å²) in [6.45, 7) is 2.98. The van der Waals surface area contributed by atoms with Gasteiger partial charge in [-0.15, -0.1) is 0 Å². The van der Waals surface area contributed by atoms with Gasteiger partial charge in [0.15, 0.2) is 6.29 Å². The Hall–Kier alpha value is -3.76. The van der Waals surface area contributed by atoms with Crippen LogP contribution in [-0.4, -0.2) is 60.9 Å². The van der Waals surface area contributed by atoms with Crippen molar-refractivity contribution >= 4 is 17.7 Å². The first-order valence-electron chi connectivity index (χ1n) is 15.0. The smallest absolute Gasteiger partial charge is 0.328 e. The molecule has 2 saturated heterocycles. The summed E-state index contributed by atoms with van der Waals surface area (Å²) in [5.74, 6) is -0.519. The van der Waals surface area contributed by atoms with E-state index in [1.54, 1.807) is 6.07 Å². The highest BCUT2D eigenvalue weighted by Gasteiger charge is 2.33. The van der Waals surface area contributed by atoms with Crippen molar-refractivity contribution in [1.29, 1.82) is 0 Å². The van der Waals surface area contributed by atoms with Crippen molar-refractivity contribution in [2.24, 2.45) is 0 Å². The molecule has 3 aromatic carbocycles. The lowest BCUT2D eigenvalue weighted by molar-refractivity contribution is -0.253. The quantitative estimate of drug-likeness (QED) is 0.283. The van der Waals surface area contributed by atoms with Gasteiger partial charge in [0.1, 0.15) is 6.04 Å². The lowest BCUT2D eigenvalue weighted by Gasteiger charge is -2.39. The van der Waals surface area contributed by atoms with E-state index in [2.05, 4.69) is 15.5 Å². The topological polar surface area (TPSA) is 109 Å². The Morgan fingerprint density at radius 3 is 2.42 bits per heavy atom. The SMILES string of the molecule is COC(=O)[C@H](Cc1ccccc1)NC(=O)Nc1cccc([C@H]2O[C@@H](CN3CCCCC3)C[C@@H](c3ccc(CO)cc3)O2)c1. The molecule has 4 atom stereocenters. The number of aliphatic hydroxyl groups excluding tert-OH is 1. The number of hydrogen-bond acceptors (Lipinski definition) is 7. The number of rotatable bonds is 10. The van der Waals surface area contributed by atoms with Crippen LogP contribution < -0.4 is 10.6 Å². The Balaban J connectivity index is 1.29. The largest absolute Gasteiger partial charge is 0.467 e. The fraction of sp³-hybridized carbons (Fsp3) is 0.412. The maximum atomic E-state index is 13.0. The minimum absolute atomic E-state index is 0.00484. The highest BCUT2D eigenvalue weighted by molar-refractivity contribution is 5.92. The third-order valence-corrected chi connectivity index (χ3v) is 8.02. The molecule has 9 nitrogen and oxygen atoms in total. The van der Waals surface area contributed by atoms with Gasteiger partial charge >= 0.3 is 12.0 Å². The van der Waals surface area contributed by atoms with E-state index in [1.165, 1.54) is 26.4 Å². The van der Waals surface area contributed by atoms with E-state index in [-0.39, 0.29) is 18.8 Å². The molecule has 228 valence electrons. The molecule has 0 saturated carbocycles. The maximum absolute atomic E-state index is 13.0. The summed E-state index contributed by atoms with van der Waals surface area (Å²) >= 11 is 0. The lowest BCUT2D eigenvalue weighted by Crippen LogP contribution is -2.45. The number of carbonyl (C=O) groups is 2. The number of nitrogens with one attached hydrogen (secondary N) is 2. The van der Waals surface area contributed by atoms with Gasteiger partial charge in [-0.1, -0.05) is 73.2 Å². The Kier molecular flexibility index (Phi) is 10.8. The van der Waals surface area contributed by atoms with Crippen LogP contribution in [0.5, 0.6) is 0 Å². The maximum Gasteiger partial charge on any atom is 0.328 e. The second-order valence-corrected chi connectivity index (χ2v) is 11.2. The Labute approximate surface area is 253 Å². The molecular formula is C34H41N3O6. The summed E-state index contributed by atoms with van der Waals surface area (Å²) in [6.07, 6.45) is 3.88. The number of ether oxygens (including phenoxy) is 3. The molecule has 3 N–H and O–H groups in total. The molecule has 0 aliphatic carbocycles. The molecule has 2 aliphatic rings. The van der Waals surface area contributed by atoms with Crippen LogP contribution in [0.15, 0.2) is 78.9 Å². The van der Waals surface area contributed by atoms with E-state index in [9.17, 15) is 14.7 Å². The van der Waals surface area contributed by atoms with Crippen molar-refractivity contribution < 1.29 is 28.9 Å². The predicted molar refractivity (Wildman–Crippen MR) is 163 cm³/mol. The second kappa shape index (κ2) is 15.1. The van der Waals surface area contributed by atoms with Gasteiger partial charge in [-0.05, 0) is 54.8 Å². The van der Waals surface area contributed by atoms with Gasteiger partial charge in [0.25, 0.3) is 0 Å². The number of nitrogens with zero attached hydrogens (tertiary/aromatic N) is 1. The molecule has 2 heterocycles. The van der Waals surface area contributed by atoms with Crippen molar-refractivity contribution in [3.8, 4) is 0 Å². The van der Waals surface area contributed by atoms with Gasteiger partial charge in [0.2, 0.25) is 0 Å². The minimum Gasteiger partial charge on any atom is -0.467 e. The van der Waals surface area contributed by atoms with Crippen LogP contribution in [0.4, 0.5) is 10.5 Å². The first-order valence-corrected chi connectivity index (χ1v) is 15.0. The number of hydrogen-bond donors (Lipinski definition) is 3. The number of carbonyl (C=O) groups excluding carboxylic acids is 2. The average Bonchev–Trinajstić information content (AvgIpc) is 3.05. The highest BCUT2D eigenvalue weighted by atomic mass is 16.7. The zero-order chi connectivity index (χ0) is 30.0. The second-order valence-electron chi connectivity index (χ2n) is 11.2. The van der Waals surface area contributed by atoms with Crippen LogP contribution >= 0.6 is 0 Å². The van der Waals surface area contributed by atoms with Gasteiger partial charge in [-0.25, -0.2) is 9.59 Å². The fourth-order valence-electron chi connectivity index (χ4n) is 5.74. The molecule has 2 amide bonds. The molecule has 0 aromatic heterocycles. The van der Waals surface area contributed by atoms with E-state index in [0.717, 1.165) is 48.3 Å². The molecule has 2 fully saturated rings. The Bertz CT molecular complexity index is 1330. The molecular weight excluding hydrogens is 546 g/mol. The van der Waals surface area contributed by atoms with Crippen molar-refractivity contribution in [1.82, 2.24) is 10.2 Å². The number of esters is 1. The summed E-state index contributed by atoms with van der Waals surface area (Å²) in [4.78, 5) is 27.8. The summed E-state index contributed by atoms with van der Waals surface area (Å²) < 4.78 is 17.9. The zero-order valence-corrected chi connectivity index (χ0v) is 24.6. The monoisotopic (exact) mass is 587 g/mol. The van der Waals surface area contributed by atoms with Crippen LogP contribution in [0, 0.1) is 0 Å². The molecule has 9 heteroatoms. The molecule has 3 aromatic rings. The van der Waals surface area contributed by atoms with E-state index in [0.29, 0.717) is 12.1 Å². The first kappa shape index (κ1) is 30.7. The third-order valence-electron chi connectivity index (χ3n) is 8.02. The molecule has 0 spiro atoms. The number of benzene rings is 3. The molecule has 43 heavy (non-hydrogen) atoms. The minimum atomic E-state index is -0.839. The van der Waals surface area contributed by atoms with Gasteiger partial charge in [0.05, 0.1) is 25.9 Å². The van der Waals surface area contributed by atoms with E-state index >= 15 is 0 Å². The van der Waals surface area contributed by atoms with Crippen LogP contribution in [-0.2, 0) is 32.0 Å². The summed E-state index contributed by atoms with van der Waals surface area (Å²) in [6, 6.07) is 23.4. The summed E-state index contributed by atoms with van der Waals surface area (Å²) in [7, 11) is 1.31. The molecule has 0 bridgehead atoms. The first-order chi connectivity index (χ1) is 21.0. The number of piperidine rings is 1. The van der Waals surface area contributed by atoms with Crippen LogP contribution in [0.3, 0.4) is 0 Å². The number of methoxy groups -OCH3 is 1. The van der Waals surface area contributed by atoms with E-state index in [4.69, 9.17) is 14.2 Å². The fourth-order valence-corrected chi connectivity index (χ4v) is 5.74. The van der Waals surface area contributed by atoms with E-state index < -0.39 is 24.3 Å². The van der Waals surface area contributed by atoms with Gasteiger partial charge in [-0.2, -0.15) is 0 Å². The number of urea groups is 1. The summed E-state index contributed by atoms with van der Waals surface area (Å²) in [5.41, 5.74) is 4.13. The van der Waals surface area contributed by atoms with Gasteiger partial charge < -0.3 is 34.9 Å². The Morgan fingerprint density at radius 1 is 0.930 bits per heavy atom. The number of amides is 2. The van der Waals surface area contributed by atoms with Crippen LogP contribution in [0.1, 0.15) is 60.3 Å². The summed E-state index contributed by atoms with van der Waals surface area (Å²) in [5, 5.41) is 15.1. The average molecular weight is 588 g/mol. The molecule has 5 rings (SSSR count). The van der Waals surface area contributed by atoms with Crippen LogP contribution in [0.2, 0.25) is 0 Å². The van der Waals surface area contributed by atoms with Gasteiger partial charge in [-0.3, -0.25) is 0 Å². The van der Waals surface area contributed by atoms with Crippen molar-refractivity contribution in [2.75, 3.05) is 32.1 Å². The lowest BCUT2D eigenvalue weighted by atomic mass is 9.99. The molecule has 2 aliphatic heterocycles. The van der Waals surface area contributed by atoms with Crippen LogP contribution in [0.25, 0.3) is 0 Å². The highest BCUT2D eigenvalue weighted by Crippen LogP contribution is 2.38. The van der Waals surface area contributed by atoms with Crippen molar-refractivity contribution in [2.45, 2.75) is 63.3 Å². The zero-order valence-electron chi connectivity index (χ0n) is 24.6. The van der Waals surface area contributed by atoms with E-state index in [1.807, 2.05) is 72.8 Å². The number of aliphatic hydroxyl groups is 1. The third kappa shape index (κ3) is 8.64.